The Morgan fingerprint density at radius 1 is 1.23 bits per heavy atom. The first-order valence-electron chi connectivity index (χ1n) is 6.84. The third-order valence-electron chi connectivity index (χ3n) is 2.92. The molecule has 0 atom stereocenters. The first-order valence-corrected chi connectivity index (χ1v) is 6.84. The molecule has 0 radical (unpaired) electrons. The lowest BCUT2D eigenvalue weighted by Gasteiger charge is -2.24. The summed E-state index contributed by atoms with van der Waals surface area (Å²) in [6, 6.07) is 0. The molecule has 2 N–H and O–H groups in total. The fourth-order valence-corrected chi connectivity index (χ4v) is 1.53. The molecule has 0 amide bonds. The van der Waals surface area contributed by atoms with E-state index < -0.39 is 12.7 Å². The van der Waals surface area contributed by atoms with Crippen LogP contribution in [0.4, 0.5) is 13.2 Å². The lowest BCUT2D eigenvalue weighted by Crippen LogP contribution is -2.45. The van der Waals surface area contributed by atoms with Crippen LogP contribution in [0.2, 0.25) is 0 Å². The molecule has 0 saturated carbocycles. The molecule has 0 heterocycles. The third-order valence-corrected chi connectivity index (χ3v) is 2.92. The van der Waals surface area contributed by atoms with Crippen molar-refractivity contribution >= 4 is 29.9 Å². The van der Waals surface area contributed by atoms with Crippen LogP contribution in [-0.4, -0.2) is 70.0 Å². The van der Waals surface area contributed by atoms with Crippen LogP contribution in [0, 0.1) is 0 Å². The van der Waals surface area contributed by atoms with E-state index in [1.165, 1.54) is 11.9 Å². The first kappa shape index (κ1) is 24.0. The van der Waals surface area contributed by atoms with Crippen molar-refractivity contribution in [1.29, 1.82) is 0 Å². The second-order valence-electron chi connectivity index (χ2n) is 5.52. The number of hydrogen-bond acceptors (Lipinski definition) is 3. The molecular formula is C13H28F3IN4O. The number of nitrogens with one attached hydrogen (secondary N) is 2. The fraction of sp³-hybridized carbons (Fsp3) is 0.923. The van der Waals surface area contributed by atoms with Crippen molar-refractivity contribution < 1.29 is 17.9 Å². The van der Waals surface area contributed by atoms with Crippen LogP contribution in [0.5, 0.6) is 0 Å². The topological polar surface area (TPSA) is 48.9 Å². The molecule has 0 aliphatic heterocycles. The van der Waals surface area contributed by atoms with E-state index in [0.29, 0.717) is 32.0 Å². The van der Waals surface area contributed by atoms with Crippen molar-refractivity contribution in [3.8, 4) is 0 Å². The van der Waals surface area contributed by atoms with Crippen LogP contribution < -0.4 is 10.6 Å². The van der Waals surface area contributed by atoms with E-state index in [4.69, 9.17) is 4.74 Å². The van der Waals surface area contributed by atoms with Gasteiger partial charge in [0, 0.05) is 27.2 Å². The van der Waals surface area contributed by atoms with Gasteiger partial charge in [-0.25, -0.2) is 0 Å². The van der Waals surface area contributed by atoms with Crippen molar-refractivity contribution in [1.82, 2.24) is 15.5 Å². The number of hydrogen-bond donors (Lipinski definition) is 2. The quantitative estimate of drug-likeness (QED) is 0.263. The standard InChI is InChI=1S/C13H27F3N4O.HI/c1-12(2,21-5)9-19-11(17-3)18-7-6-8-20(4)10-13(14,15)16;/h6-10H2,1-5H3,(H2,17,18,19);1H. The van der Waals surface area contributed by atoms with E-state index in [1.807, 2.05) is 13.8 Å². The maximum absolute atomic E-state index is 12.1. The minimum atomic E-state index is -4.15. The predicted octanol–water partition coefficient (Wildman–Crippen LogP) is 2.08. The van der Waals surface area contributed by atoms with Gasteiger partial charge in [-0.05, 0) is 33.9 Å². The smallest absolute Gasteiger partial charge is 0.377 e. The number of guanidine groups is 1. The zero-order valence-corrected chi connectivity index (χ0v) is 16.2. The Morgan fingerprint density at radius 2 is 1.82 bits per heavy atom. The Labute approximate surface area is 148 Å². The van der Waals surface area contributed by atoms with Crippen molar-refractivity contribution in [3.05, 3.63) is 0 Å². The summed E-state index contributed by atoms with van der Waals surface area (Å²) in [4.78, 5) is 5.30. The molecule has 0 aliphatic carbocycles. The van der Waals surface area contributed by atoms with Crippen molar-refractivity contribution in [2.45, 2.75) is 32.0 Å². The third kappa shape index (κ3) is 13.4. The van der Waals surface area contributed by atoms with Gasteiger partial charge in [-0.3, -0.25) is 9.89 Å². The highest BCUT2D eigenvalue weighted by atomic mass is 127. The second kappa shape index (κ2) is 11.3. The van der Waals surface area contributed by atoms with E-state index in [-0.39, 0.29) is 29.6 Å². The average Bonchev–Trinajstić information content (AvgIpc) is 2.36. The van der Waals surface area contributed by atoms with Gasteiger partial charge in [0.2, 0.25) is 0 Å². The normalized spacial score (nSPS) is 13.0. The fourth-order valence-electron chi connectivity index (χ4n) is 1.53. The largest absolute Gasteiger partial charge is 0.401 e. The van der Waals surface area contributed by atoms with E-state index in [2.05, 4.69) is 15.6 Å². The SMILES string of the molecule is CN=C(NCCCN(C)CC(F)(F)F)NCC(C)(C)OC.I. The lowest BCUT2D eigenvalue weighted by molar-refractivity contribution is -0.143. The molecule has 22 heavy (non-hydrogen) atoms. The van der Waals surface area contributed by atoms with Gasteiger partial charge in [-0.15, -0.1) is 24.0 Å². The highest BCUT2D eigenvalue weighted by molar-refractivity contribution is 14.0. The summed E-state index contributed by atoms with van der Waals surface area (Å²) in [7, 11) is 4.74. The summed E-state index contributed by atoms with van der Waals surface area (Å²) in [5.74, 6) is 0.610. The van der Waals surface area contributed by atoms with Crippen LogP contribution >= 0.6 is 24.0 Å². The second-order valence-corrected chi connectivity index (χ2v) is 5.52. The van der Waals surface area contributed by atoms with Crippen LogP contribution in [-0.2, 0) is 4.74 Å². The van der Waals surface area contributed by atoms with Crippen LogP contribution in [0.3, 0.4) is 0 Å². The Morgan fingerprint density at radius 3 is 2.27 bits per heavy atom. The molecule has 9 heteroatoms. The van der Waals surface area contributed by atoms with Crippen molar-refractivity contribution in [2.75, 3.05) is 47.4 Å². The van der Waals surface area contributed by atoms with Crippen molar-refractivity contribution in [3.63, 3.8) is 0 Å². The molecule has 5 nitrogen and oxygen atoms in total. The van der Waals surface area contributed by atoms with Gasteiger partial charge in [0.1, 0.15) is 0 Å². The Balaban J connectivity index is 0. The Kier molecular flexibility index (Phi) is 12.3. The average molecular weight is 440 g/mol. The number of ether oxygens (including phenoxy) is 1. The monoisotopic (exact) mass is 440 g/mol. The summed E-state index contributed by atoms with van der Waals surface area (Å²) < 4.78 is 41.7. The van der Waals surface area contributed by atoms with Crippen LogP contribution in [0.1, 0.15) is 20.3 Å². The van der Waals surface area contributed by atoms with Gasteiger partial charge < -0.3 is 15.4 Å². The molecule has 0 saturated heterocycles. The maximum atomic E-state index is 12.1. The number of halogens is 4. The van der Waals surface area contributed by atoms with Gasteiger partial charge in [0.15, 0.2) is 5.96 Å². The molecule has 0 fully saturated rings. The van der Waals surface area contributed by atoms with E-state index in [0.717, 1.165) is 0 Å². The Hall–Kier alpha value is -0.290. The molecule has 0 rings (SSSR count). The van der Waals surface area contributed by atoms with Gasteiger partial charge in [0.05, 0.1) is 12.1 Å². The number of alkyl halides is 3. The highest BCUT2D eigenvalue weighted by Gasteiger charge is 2.28. The molecule has 0 unspecified atom stereocenters. The number of aliphatic imine (C=N–C) groups is 1. The van der Waals surface area contributed by atoms with Crippen molar-refractivity contribution in [2.24, 2.45) is 4.99 Å². The molecule has 0 aromatic heterocycles. The maximum Gasteiger partial charge on any atom is 0.401 e. The predicted molar refractivity (Wildman–Crippen MR) is 94.0 cm³/mol. The zero-order valence-electron chi connectivity index (χ0n) is 13.9. The number of methoxy groups -OCH3 is 1. The number of nitrogens with zero attached hydrogens (tertiary/aromatic N) is 2. The molecule has 134 valence electrons. The Bertz CT molecular complexity index is 325. The van der Waals surface area contributed by atoms with E-state index >= 15 is 0 Å². The summed E-state index contributed by atoms with van der Waals surface area (Å²) in [6.45, 7) is 4.50. The summed E-state index contributed by atoms with van der Waals surface area (Å²) >= 11 is 0. The first-order chi connectivity index (χ1) is 9.59. The molecule has 0 aliphatic rings. The molecule has 0 aromatic rings. The minimum Gasteiger partial charge on any atom is -0.377 e. The zero-order chi connectivity index (χ0) is 16.5. The molecule has 0 bridgehead atoms. The van der Waals surface area contributed by atoms with Crippen LogP contribution in [0.25, 0.3) is 0 Å². The number of rotatable bonds is 8. The summed E-state index contributed by atoms with van der Waals surface area (Å²) in [6.07, 6.45) is -3.55. The summed E-state index contributed by atoms with van der Waals surface area (Å²) in [5.41, 5.74) is -0.315. The summed E-state index contributed by atoms with van der Waals surface area (Å²) in [5, 5.41) is 6.17. The van der Waals surface area contributed by atoms with Gasteiger partial charge in [-0.1, -0.05) is 0 Å². The minimum absolute atomic E-state index is 0. The van der Waals surface area contributed by atoms with Gasteiger partial charge in [0.25, 0.3) is 0 Å². The molecule has 0 aromatic carbocycles. The van der Waals surface area contributed by atoms with Gasteiger partial charge in [-0.2, -0.15) is 13.2 Å². The van der Waals surface area contributed by atoms with Gasteiger partial charge >= 0.3 is 6.18 Å². The van der Waals surface area contributed by atoms with E-state index in [9.17, 15) is 13.2 Å². The highest BCUT2D eigenvalue weighted by Crippen LogP contribution is 2.15. The lowest BCUT2D eigenvalue weighted by atomic mass is 10.1. The molecular weight excluding hydrogens is 412 g/mol. The van der Waals surface area contributed by atoms with Crippen LogP contribution in [0.15, 0.2) is 4.99 Å². The van der Waals surface area contributed by atoms with E-state index in [1.54, 1.807) is 14.2 Å². The molecule has 0 spiro atoms.